The quantitative estimate of drug-likeness (QED) is 0.656. The number of rotatable bonds is 1. The molecule has 0 saturated heterocycles. The summed E-state index contributed by atoms with van der Waals surface area (Å²) in [4.78, 5) is 11.9. The summed E-state index contributed by atoms with van der Waals surface area (Å²) >= 11 is 0. The minimum absolute atomic E-state index is 0.374. The smallest absolute Gasteiger partial charge is 0.309 e. The number of hydrogen-bond acceptors (Lipinski definition) is 1. The third-order valence-electron chi connectivity index (χ3n) is 7.78. The molecule has 3 aliphatic rings. The molecule has 3 rings (SSSR count). The maximum absolute atomic E-state index is 11.9. The SMILES string of the molecule is CC(C)=C1CC[C@]2(C)[C@H](CC[C@@H]3[C@@H]2CCC[C@@]3(C)C(=O)O)C1. The van der Waals surface area contributed by atoms with Gasteiger partial charge in [0.25, 0.3) is 0 Å². The number of allylic oxidation sites excluding steroid dienone is 2. The van der Waals surface area contributed by atoms with Crippen LogP contribution in [0.2, 0.25) is 0 Å². The Morgan fingerprint density at radius 1 is 1.09 bits per heavy atom. The first kappa shape index (κ1) is 16.1. The van der Waals surface area contributed by atoms with Crippen LogP contribution in [0.25, 0.3) is 0 Å². The Hall–Kier alpha value is -0.790. The van der Waals surface area contributed by atoms with Crippen molar-refractivity contribution < 1.29 is 9.90 Å². The first-order valence-corrected chi connectivity index (χ1v) is 9.17. The molecule has 1 N–H and O–H groups in total. The van der Waals surface area contributed by atoms with E-state index in [0.717, 1.165) is 25.2 Å². The molecule has 0 aromatic heterocycles. The van der Waals surface area contributed by atoms with Crippen molar-refractivity contribution in [3.8, 4) is 0 Å². The van der Waals surface area contributed by atoms with Crippen molar-refractivity contribution in [1.82, 2.24) is 0 Å². The summed E-state index contributed by atoms with van der Waals surface area (Å²) in [5.41, 5.74) is 3.09. The highest BCUT2D eigenvalue weighted by Gasteiger charge is 2.57. The van der Waals surface area contributed by atoms with Crippen LogP contribution in [0.3, 0.4) is 0 Å². The van der Waals surface area contributed by atoms with Crippen LogP contribution in [-0.2, 0) is 4.79 Å². The monoisotopic (exact) mass is 304 g/mol. The van der Waals surface area contributed by atoms with E-state index >= 15 is 0 Å². The Morgan fingerprint density at radius 3 is 2.45 bits per heavy atom. The van der Waals surface area contributed by atoms with E-state index in [9.17, 15) is 9.90 Å². The standard InChI is InChI=1S/C20H32O2/c1-13(2)14-9-11-19(3)15(12-14)7-8-17-16(19)6-5-10-20(17,4)18(21)22/h15-17H,5-12H2,1-4H3,(H,21,22)/t15-,16+,17-,19-,20-/m1/s1. The maximum Gasteiger partial charge on any atom is 0.309 e. The van der Waals surface area contributed by atoms with Gasteiger partial charge >= 0.3 is 5.97 Å². The van der Waals surface area contributed by atoms with E-state index in [-0.39, 0.29) is 0 Å². The second-order valence-corrected chi connectivity index (χ2v) is 8.92. The fourth-order valence-electron chi connectivity index (χ4n) is 6.11. The zero-order chi connectivity index (χ0) is 16.1. The Bertz CT molecular complexity index is 502. The lowest BCUT2D eigenvalue weighted by molar-refractivity contribution is -0.165. The predicted molar refractivity (Wildman–Crippen MR) is 89.6 cm³/mol. The van der Waals surface area contributed by atoms with Crippen molar-refractivity contribution in [2.24, 2.45) is 28.6 Å². The molecule has 0 heterocycles. The highest BCUT2D eigenvalue weighted by molar-refractivity contribution is 5.74. The Morgan fingerprint density at radius 2 is 1.82 bits per heavy atom. The largest absolute Gasteiger partial charge is 0.481 e. The zero-order valence-electron chi connectivity index (χ0n) is 14.7. The van der Waals surface area contributed by atoms with Crippen LogP contribution in [0, 0.1) is 28.6 Å². The molecular formula is C20H32O2. The molecule has 2 nitrogen and oxygen atoms in total. The molecule has 0 aromatic rings. The lowest BCUT2D eigenvalue weighted by atomic mass is 9.45. The summed E-state index contributed by atoms with van der Waals surface area (Å²) in [7, 11) is 0. The molecule has 0 radical (unpaired) electrons. The lowest BCUT2D eigenvalue weighted by Crippen LogP contribution is -2.54. The lowest BCUT2D eigenvalue weighted by Gasteiger charge is -2.59. The molecule has 0 bridgehead atoms. The summed E-state index contributed by atoms with van der Waals surface area (Å²) < 4.78 is 0. The Balaban J connectivity index is 1.90. The van der Waals surface area contributed by atoms with Crippen LogP contribution in [0.5, 0.6) is 0 Å². The number of aliphatic carboxylic acids is 1. The van der Waals surface area contributed by atoms with E-state index in [1.165, 1.54) is 37.7 Å². The normalized spacial score (nSPS) is 44.9. The van der Waals surface area contributed by atoms with Crippen molar-refractivity contribution in [2.75, 3.05) is 0 Å². The van der Waals surface area contributed by atoms with Crippen LogP contribution in [-0.4, -0.2) is 11.1 Å². The molecule has 3 saturated carbocycles. The van der Waals surface area contributed by atoms with Gasteiger partial charge in [-0.15, -0.1) is 0 Å². The van der Waals surface area contributed by atoms with Crippen LogP contribution in [0.15, 0.2) is 11.1 Å². The molecule has 2 heteroatoms. The molecule has 5 atom stereocenters. The summed E-state index contributed by atoms with van der Waals surface area (Å²) in [5, 5.41) is 9.82. The van der Waals surface area contributed by atoms with Gasteiger partial charge in [0, 0.05) is 0 Å². The van der Waals surface area contributed by atoms with Gasteiger partial charge in [0.2, 0.25) is 0 Å². The summed E-state index contributed by atoms with van der Waals surface area (Å²) in [6.07, 6.45) is 9.38. The molecule has 3 fully saturated rings. The number of carboxylic acids is 1. The molecule has 22 heavy (non-hydrogen) atoms. The predicted octanol–water partition coefficient (Wildman–Crippen LogP) is 5.43. The maximum atomic E-state index is 11.9. The second kappa shape index (κ2) is 5.39. The molecule has 0 spiro atoms. The Labute approximate surface area is 135 Å². The van der Waals surface area contributed by atoms with Gasteiger partial charge < -0.3 is 5.11 Å². The summed E-state index contributed by atoms with van der Waals surface area (Å²) in [6, 6.07) is 0. The highest BCUT2D eigenvalue weighted by Crippen LogP contribution is 2.63. The van der Waals surface area contributed by atoms with Gasteiger partial charge in [-0.05, 0) is 88.9 Å². The first-order chi connectivity index (χ1) is 10.3. The summed E-state index contributed by atoms with van der Waals surface area (Å²) in [6.45, 7) is 9.03. The molecule has 0 aliphatic heterocycles. The van der Waals surface area contributed by atoms with Gasteiger partial charge in [-0.25, -0.2) is 0 Å². The molecule has 124 valence electrons. The van der Waals surface area contributed by atoms with Crippen molar-refractivity contribution in [3.63, 3.8) is 0 Å². The van der Waals surface area contributed by atoms with Crippen LogP contribution >= 0.6 is 0 Å². The van der Waals surface area contributed by atoms with Crippen molar-refractivity contribution in [3.05, 3.63) is 11.1 Å². The fraction of sp³-hybridized carbons (Fsp3) is 0.850. The average Bonchev–Trinajstić information content (AvgIpc) is 2.46. The molecule has 0 aromatic carbocycles. The van der Waals surface area contributed by atoms with Gasteiger partial charge in [-0.1, -0.05) is 24.5 Å². The number of hydrogen-bond donors (Lipinski definition) is 1. The third-order valence-corrected chi connectivity index (χ3v) is 7.78. The minimum Gasteiger partial charge on any atom is -0.481 e. The summed E-state index contributed by atoms with van der Waals surface area (Å²) in [5.74, 6) is 1.25. The number of carboxylic acid groups (broad SMARTS) is 1. The van der Waals surface area contributed by atoms with Gasteiger partial charge in [0.15, 0.2) is 0 Å². The van der Waals surface area contributed by atoms with E-state index in [2.05, 4.69) is 20.8 Å². The average molecular weight is 304 g/mol. The van der Waals surface area contributed by atoms with Crippen LogP contribution in [0.4, 0.5) is 0 Å². The number of fused-ring (bicyclic) bond motifs is 3. The van der Waals surface area contributed by atoms with E-state index < -0.39 is 11.4 Å². The second-order valence-electron chi connectivity index (χ2n) is 8.92. The highest BCUT2D eigenvalue weighted by atomic mass is 16.4. The van der Waals surface area contributed by atoms with E-state index in [4.69, 9.17) is 0 Å². The van der Waals surface area contributed by atoms with Gasteiger partial charge in [-0.3, -0.25) is 4.79 Å². The fourth-order valence-corrected chi connectivity index (χ4v) is 6.11. The van der Waals surface area contributed by atoms with Gasteiger partial charge in [0.05, 0.1) is 5.41 Å². The van der Waals surface area contributed by atoms with Crippen molar-refractivity contribution in [2.45, 2.75) is 79.1 Å². The molecule has 3 aliphatic carbocycles. The number of carbonyl (C=O) groups is 1. The molecule has 0 amide bonds. The van der Waals surface area contributed by atoms with E-state index in [1.807, 2.05) is 6.92 Å². The molecule has 0 unspecified atom stereocenters. The van der Waals surface area contributed by atoms with Gasteiger partial charge in [-0.2, -0.15) is 0 Å². The zero-order valence-corrected chi connectivity index (χ0v) is 14.7. The van der Waals surface area contributed by atoms with Crippen molar-refractivity contribution >= 4 is 5.97 Å². The first-order valence-electron chi connectivity index (χ1n) is 9.17. The third kappa shape index (κ3) is 2.25. The topological polar surface area (TPSA) is 37.3 Å². The van der Waals surface area contributed by atoms with E-state index in [0.29, 0.717) is 17.3 Å². The van der Waals surface area contributed by atoms with Gasteiger partial charge in [0.1, 0.15) is 0 Å². The van der Waals surface area contributed by atoms with Crippen molar-refractivity contribution in [1.29, 1.82) is 0 Å². The minimum atomic E-state index is -0.551. The van der Waals surface area contributed by atoms with Crippen LogP contribution < -0.4 is 0 Å². The van der Waals surface area contributed by atoms with E-state index in [1.54, 1.807) is 5.57 Å². The molecular weight excluding hydrogens is 272 g/mol. The Kier molecular flexibility index (Phi) is 3.94. The van der Waals surface area contributed by atoms with Crippen LogP contribution in [0.1, 0.15) is 79.1 Å².